The summed E-state index contributed by atoms with van der Waals surface area (Å²) in [6, 6.07) is 6.59. The molecule has 0 spiro atoms. The minimum absolute atomic E-state index is 0.0402. The Hall–Kier alpha value is -1.37. The van der Waals surface area contributed by atoms with E-state index in [0.717, 1.165) is 24.7 Å². The molecule has 0 aromatic heterocycles. The Balaban J connectivity index is 2.19. The Labute approximate surface area is 109 Å². The minimum Gasteiger partial charge on any atom is -0.298 e. The third-order valence-corrected chi connectivity index (χ3v) is 5.09. The van der Waals surface area contributed by atoms with Crippen LogP contribution in [0.3, 0.4) is 0 Å². The fourth-order valence-electron chi connectivity index (χ4n) is 4.20. The topological polar surface area (TPSA) is 17.1 Å². The SMILES string of the molecule is CC1=C(C=O)[C@@]2(C)Cc3cccc(C)c3[C@H]2CC1. The van der Waals surface area contributed by atoms with Gasteiger partial charge in [0.25, 0.3) is 0 Å². The molecule has 94 valence electrons. The van der Waals surface area contributed by atoms with Gasteiger partial charge >= 0.3 is 0 Å². The maximum absolute atomic E-state index is 11.5. The molecule has 2 aliphatic rings. The van der Waals surface area contributed by atoms with Gasteiger partial charge in [0.2, 0.25) is 0 Å². The molecule has 18 heavy (non-hydrogen) atoms. The zero-order valence-electron chi connectivity index (χ0n) is 11.4. The summed E-state index contributed by atoms with van der Waals surface area (Å²) in [5, 5.41) is 0. The van der Waals surface area contributed by atoms with Crippen molar-refractivity contribution >= 4 is 6.29 Å². The normalized spacial score (nSPS) is 30.1. The molecule has 0 N–H and O–H groups in total. The van der Waals surface area contributed by atoms with E-state index in [4.69, 9.17) is 0 Å². The van der Waals surface area contributed by atoms with E-state index < -0.39 is 0 Å². The number of rotatable bonds is 1. The van der Waals surface area contributed by atoms with Crippen LogP contribution in [0, 0.1) is 12.3 Å². The van der Waals surface area contributed by atoms with Gasteiger partial charge in [-0.15, -0.1) is 0 Å². The van der Waals surface area contributed by atoms with E-state index in [1.807, 2.05) is 0 Å². The Kier molecular flexibility index (Phi) is 2.48. The number of carbonyl (C=O) groups is 1. The monoisotopic (exact) mass is 240 g/mol. The summed E-state index contributed by atoms with van der Waals surface area (Å²) in [6.45, 7) is 6.61. The number of hydrogen-bond acceptors (Lipinski definition) is 1. The molecule has 0 saturated carbocycles. The van der Waals surface area contributed by atoms with E-state index in [1.165, 1.54) is 28.7 Å². The first-order valence-electron chi connectivity index (χ1n) is 6.81. The van der Waals surface area contributed by atoms with Crippen LogP contribution in [0.15, 0.2) is 29.3 Å². The van der Waals surface area contributed by atoms with E-state index in [0.29, 0.717) is 5.92 Å². The number of aryl methyl sites for hydroxylation is 1. The molecule has 0 aliphatic heterocycles. The quantitative estimate of drug-likeness (QED) is 0.679. The number of benzene rings is 1. The molecule has 0 amide bonds. The van der Waals surface area contributed by atoms with Crippen LogP contribution in [0.1, 0.15) is 49.3 Å². The van der Waals surface area contributed by atoms with Gasteiger partial charge in [0.1, 0.15) is 6.29 Å². The summed E-state index contributed by atoms with van der Waals surface area (Å²) in [4.78, 5) is 11.5. The van der Waals surface area contributed by atoms with Crippen molar-refractivity contribution in [1.29, 1.82) is 0 Å². The molecule has 1 aromatic carbocycles. The lowest BCUT2D eigenvalue weighted by atomic mass is 9.65. The number of hydrogen-bond donors (Lipinski definition) is 0. The highest BCUT2D eigenvalue weighted by Crippen LogP contribution is 2.57. The third-order valence-electron chi connectivity index (χ3n) is 5.09. The summed E-state index contributed by atoms with van der Waals surface area (Å²) >= 11 is 0. The first-order chi connectivity index (χ1) is 8.58. The molecule has 2 atom stereocenters. The van der Waals surface area contributed by atoms with Crippen LogP contribution < -0.4 is 0 Å². The van der Waals surface area contributed by atoms with Crippen LogP contribution in [0.5, 0.6) is 0 Å². The fourth-order valence-corrected chi connectivity index (χ4v) is 4.20. The highest BCUT2D eigenvalue weighted by molar-refractivity contribution is 5.78. The Morgan fingerprint density at radius 1 is 1.33 bits per heavy atom. The maximum atomic E-state index is 11.5. The smallest absolute Gasteiger partial charge is 0.146 e. The van der Waals surface area contributed by atoms with Gasteiger partial charge in [-0.25, -0.2) is 0 Å². The summed E-state index contributed by atoms with van der Waals surface area (Å²) in [7, 11) is 0. The van der Waals surface area contributed by atoms with Crippen molar-refractivity contribution in [2.75, 3.05) is 0 Å². The number of aldehydes is 1. The van der Waals surface area contributed by atoms with Gasteiger partial charge in [-0.05, 0) is 61.3 Å². The van der Waals surface area contributed by atoms with E-state index in [1.54, 1.807) is 0 Å². The molecule has 0 saturated heterocycles. The van der Waals surface area contributed by atoms with Gasteiger partial charge in [0.15, 0.2) is 0 Å². The molecule has 0 bridgehead atoms. The van der Waals surface area contributed by atoms with Crippen molar-refractivity contribution in [3.63, 3.8) is 0 Å². The molecular weight excluding hydrogens is 220 g/mol. The van der Waals surface area contributed by atoms with Crippen LogP contribution in [0.25, 0.3) is 0 Å². The maximum Gasteiger partial charge on any atom is 0.146 e. The molecule has 1 nitrogen and oxygen atoms in total. The van der Waals surface area contributed by atoms with Crippen LogP contribution in [-0.4, -0.2) is 6.29 Å². The van der Waals surface area contributed by atoms with Crippen molar-refractivity contribution in [1.82, 2.24) is 0 Å². The highest BCUT2D eigenvalue weighted by atomic mass is 16.1. The van der Waals surface area contributed by atoms with Gasteiger partial charge < -0.3 is 0 Å². The van der Waals surface area contributed by atoms with E-state index >= 15 is 0 Å². The Morgan fingerprint density at radius 2 is 2.11 bits per heavy atom. The standard InChI is InChI=1S/C17H20O/c1-11-7-8-14-16-12(2)5-4-6-13(16)9-17(14,3)15(11)10-18/h4-6,10,14H,7-9H2,1-3H3/t14-,17+/m1/s1. The van der Waals surface area contributed by atoms with Crippen molar-refractivity contribution in [3.8, 4) is 0 Å². The second-order valence-corrected chi connectivity index (χ2v) is 6.15. The molecule has 2 aliphatic carbocycles. The molecule has 0 unspecified atom stereocenters. The van der Waals surface area contributed by atoms with Crippen molar-refractivity contribution < 1.29 is 4.79 Å². The summed E-state index contributed by atoms with van der Waals surface area (Å²) in [6.07, 6.45) is 4.41. The lowest BCUT2D eigenvalue weighted by Crippen LogP contribution is -2.30. The van der Waals surface area contributed by atoms with Crippen molar-refractivity contribution in [2.24, 2.45) is 5.41 Å². The summed E-state index contributed by atoms with van der Waals surface area (Å²) in [5.41, 5.74) is 6.77. The molecule has 0 heterocycles. The van der Waals surface area contributed by atoms with Crippen molar-refractivity contribution in [3.05, 3.63) is 46.0 Å². The second-order valence-electron chi connectivity index (χ2n) is 6.15. The first-order valence-corrected chi connectivity index (χ1v) is 6.81. The molecular formula is C17H20O. The zero-order valence-corrected chi connectivity index (χ0v) is 11.4. The van der Waals surface area contributed by atoms with E-state index in [-0.39, 0.29) is 5.41 Å². The molecule has 0 radical (unpaired) electrons. The molecule has 0 fully saturated rings. The average Bonchev–Trinajstić information content (AvgIpc) is 2.62. The van der Waals surface area contributed by atoms with Gasteiger partial charge in [0, 0.05) is 5.41 Å². The van der Waals surface area contributed by atoms with Crippen LogP contribution >= 0.6 is 0 Å². The fraction of sp³-hybridized carbons (Fsp3) is 0.471. The Bertz CT molecular complexity index is 553. The number of allylic oxidation sites excluding steroid dienone is 2. The average molecular weight is 240 g/mol. The lowest BCUT2D eigenvalue weighted by Gasteiger charge is -2.38. The van der Waals surface area contributed by atoms with Crippen LogP contribution in [0.4, 0.5) is 0 Å². The van der Waals surface area contributed by atoms with Crippen LogP contribution in [0.2, 0.25) is 0 Å². The third kappa shape index (κ3) is 1.36. The van der Waals surface area contributed by atoms with E-state index in [9.17, 15) is 4.79 Å². The lowest BCUT2D eigenvalue weighted by molar-refractivity contribution is -0.106. The van der Waals surface area contributed by atoms with Crippen LogP contribution in [-0.2, 0) is 11.2 Å². The van der Waals surface area contributed by atoms with E-state index in [2.05, 4.69) is 39.0 Å². The van der Waals surface area contributed by atoms with Crippen molar-refractivity contribution in [2.45, 2.75) is 46.0 Å². The zero-order chi connectivity index (χ0) is 12.9. The Morgan fingerprint density at radius 3 is 2.83 bits per heavy atom. The van der Waals surface area contributed by atoms with Gasteiger partial charge in [0.05, 0.1) is 0 Å². The molecule has 1 heteroatoms. The number of carbonyl (C=O) groups excluding carboxylic acids is 1. The summed E-state index contributed by atoms with van der Waals surface area (Å²) in [5.74, 6) is 0.539. The van der Waals surface area contributed by atoms with Gasteiger partial charge in [-0.1, -0.05) is 30.7 Å². The molecule has 1 aromatic rings. The first kappa shape index (κ1) is 11.7. The van der Waals surface area contributed by atoms with Gasteiger partial charge in [-0.3, -0.25) is 4.79 Å². The molecule has 3 rings (SSSR count). The predicted molar refractivity (Wildman–Crippen MR) is 73.7 cm³/mol. The number of fused-ring (bicyclic) bond motifs is 3. The summed E-state index contributed by atoms with van der Waals surface area (Å²) < 4.78 is 0. The highest BCUT2D eigenvalue weighted by Gasteiger charge is 2.47. The largest absolute Gasteiger partial charge is 0.298 e. The predicted octanol–water partition coefficient (Wildman–Crippen LogP) is 3.95. The van der Waals surface area contributed by atoms with Gasteiger partial charge in [-0.2, -0.15) is 0 Å². The minimum atomic E-state index is 0.0402. The second kappa shape index (κ2) is 3.81.